The number of rotatable bonds is 2. The van der Waals surface area contributed by atoms with Crippen molar-refractivity contribution in [2.75, 3.05) is 0 Å². The lowest BCUT2D eigenvalue weighted by Gasteiger charge is -2.04. The monoisotopic (exact) mass is 305 g/mol. The van der Waals surface area contributed by atoms with Crippen LogP contribution in [-0.4, -0.2) is 20.2 Å². The fourth-order valence-electron chi connectivity index (χ4n) is 2.51. The van der Waals surface area contributed by atoms with Crippen LogP contribution >= 0.6 is 0 Å². The van der Waals surface area contributed by atoms with Crippen LogP contribution in [0, 0.1) is 0 Å². The summed E-state index contributed by atoms with van der Waals surface area (Å²) in [4.78, 5) is 18.2. The highest BCUT2D eigenvalue weighted by atomic mass is 16.5. The van der Waals surface area contributed by atoms with Crippen molar-refractivity contribution in [3.8, 4) is 28.6 Å². The second-order valence-corrected chi connectivity index (χ2v) is 5.05. The zero-order valence-electron chi connectivity index (χ0n) is 11.9. The lowest BCUT2D eigenvalue weighted by atomic mass is 10.0. The lowest BCUT2D eigenvalue weighted by molar-refractivity contribution is 0.426. The molecule has 0 aliphatic rings. The maximum absolute atomic E-state index is 11.4. The highest BCUT2D eigenvalue weighted by Gasteiger charge is 2.17. The Kier molecular flexibility index (Phi) is 2.94. The summed E-state index contributed by atoms with van der Waals surface area (Å²) in [7, 11) is 0. The van der Waals surface area contributed by atoms with Crippen LogP contribution in [0.25, 0.3) is 33.6 Å². The molecule has 2 aromatic carbocycles. The van der Waals surface area contributed by atoms with E-state index < -0.39 is 0 Å². The molecule has 0 unspecified atom stereocenters. The zero-order valence-corrected chi connectivity index (χ0v) is 11.9. The highest BCUT2D eigenvalue weighted by Crippen LogP contribution is 2.35. The molecule has 4 rings (SSSR count). The van der Waals surface area contributed by atoms with Gasteiger partial charge in [0.15, 0.2) is 0 Å². The first-order chi connectivity index (χ1) is 11.2. The number of aromatic hydroxyl groups is 1. The molecule has 0 fully saturated rings. The molecule has 23 heavy (non-hydrogen) atoms. The first-order valence-corrected chi connectivity index (χ1v) is 6.96. The lowest BCUT2D eigenvalue weighted by Crippen LogP contribution is -2.02. The molecule has 0 aliphatic heterocycles. The van der Waals surface area contributed by atoms with Gasteiger partial charge in [0.25, 0.3) is 5.89 Å². The quantitative estimate of drug-likeness (QED) is 0.594. The number of pyridine rings is 1. The first kappa shape index (κ1) is 13.3. The minimum atomic E-state index is -0.248. The zero-order chi connectivity index (χ0) is 15.8. The van der Waals surface area contributed by atoms with Crippen LogP contribution in [0.4, 0.5) is 0 Å². The summed E-state index contributed by atoms with van der Waals surface area (Å²) in [6, 6.07) is 14.1. The molecule has 2 aromatic heterocycles. The first-order valence-electron chi connectivity index (χ1n) is 6.96. The second kappa shape index (κ2) is 5.10. The van der Waals surface area contributed by atoms with Gasteiger partial charge in [0, 0.05) is 17.8 Å². The van der Waals surface area contributed by atoms with E-state index in [1.54, 1.807) is 12.1 Å². The van der Waals surface area contributed by atoms with Crippen molar-refractivity contribution >= 4 is 10.8 Å². The number of phenolic OH excluding ortho intramolecular Hbond substituents is 1. The number of hydrogen-bond donors (Lipinski definition) is 2. The Balaban J connectivity index is 1.90. The van der Waals surface area contributed by atoms with E-state index >= 15 is 0 Å². The van der Waals surface area contributed by atoms with Crippen LogP contribution < -0.4 is 5.56 Å². The predicted molar refractivity (Wildman–Crippen MR) is 85.0 cm³/mol. The SMILES string of the molecule is O=c1cc(-c2noc(-c3c(O)ccc4ccccc34)n2)cc[nH]1. The number of phenols is 1. The largest absolute Gasteiger partial charge is 0.507 e. The van der Waals surface area contributed by atoms with Crippen molar-refractivity contribution in [3.05, 3.63) is 65.1 Å². The normalized spacial score (nSPS) is 11.0. The van der Waals surface area contributed by atoms with E-state index in [9.17, 15) is 9.90 Å². The van der Waals surface area contributed by atoms with Gasteiger partial charge in [-0.25, -0.2) is 0 Å². The summed E-state index contributed by atoms with van der Waals surface area (Å²) in [5.74, 6) is 0.554. The van der Waals surface area contributed by atoms with E-state index in [2.05, 4.69) is 15.1 Å². The summed E-state index contributed by atoms with van der Waals surface area (Å²) in [5.41, 5.74) is 0.775. The van der Waals surface area contributed by atoms with E-state index in [-0.39, 0.29) is 17.2 Å². The molecule has 0 radical (unpaired) electrons. The number of nitrogens with one attached hydrogen (secondary N) is 1. The average molecular weight is 305 g/mol. The smallest absolute Gasteiger partial charge is 0.262 e. The van der Waals surface area contributed by atoms with E-state index in [4.69, 9.17) is 4.52 Å². The molecular formula is C17H11N3O3. The average Bonchev–Trinajstić information content (AvgIpc) is 3.04. The molecular weight excluding hydrogens is 294 g/mol. The van der Waals surface area contributed by atoms with Gasteiger partial charge in [-0.2, -0.15) is 4.98 Å². The minimum Gasteiger partial charge on any atom is -0.507 e. The Bertz CT molecular complexity index is 1070. The number of nitrogens with zero attached hydrogens (tertiary/aromatic N) is 2. The summed E-state index contributed by atoms with van der Waals surface area (Å²) in [6.07, 6.45) is 1.52. The van der Waals surface area contributed by atoms with Gasteiger partial charge < -0.3 is 14.6 Å². The van der Waals surface area contributed by atoms with Crippen LogP contribution in [0.3, 0.4) is 0 Å². The van der Waals surface area contributed by atoms with Crippen LogP contribution in [0.15, 0.2) is 64.0 Å². The van der Waals surface area contributed by atoms with Crippen molar-refractivity contribution in [2.24, 2.45) is 0 Å². The van der Waals surface area contributed by atoms with Crippen LogP contribution in [0.2, 0.25) is 0 Å². The van der Waals surface area contributed by atoms with E-state index in [1.807, 2.05) is 30.3 Å². The molecule has 0 bridgehead atoms. The summed E-state index contributed by atoms with van der Waals surface area (Å²) < 4.78 is 5.30. The van der Waals surface area contributed by atoms with Crippen molar-refractivity contribution in [2.45, 2.75) is 0 Å². The van der Waals surface area contributed by atoms with Crippen molar-refractivity contribution in [1.29, 1.82) is 0 Å². The Labute approximate surface area is 130 Å². The van der Waals surface area contributed by atoms with Crippen LogP contribution in [-0.2, 0) is 0 Å². The Hall–Kier alpha value is -3.41. The van der Waals surface area contributed by atoms with Crippen LogP contribution in [0.5, 0.6) is 5.75 Å². The molecule has 6 heteroatoms. The molecule has 0 saturated carbocycles. The molecule has 6 nitrogen and oxygen atoms in total. The van der Waals surface area contributed by atoms with E-state index in [0.29, 0.717) is 17.0 Å². The molecule has 0 atom stereocenters. The molecule has 0 spiro atoms. The van der Waals surface area contributed by atoms with Gasteiger partial charge in [-0.05, 0) is 22.9 Å². The van der Waals surface area contributed by atoms with E-state index in [0.717, 1.165) is 10.8 Å². The predicted octanol–water partition coefficient (Wildman–Crippen LogP) is 2.95. The Morgan fingerprint density at radius 2 is 1.96 bits per heavy atom. The molecule has 0 amide bonds. The van der Waals surface area contributed by atoms with Gasteiger partial charge in [-0.3, -0.25) is 4.79 Å². The number of benzene rings is 2. The molecule has 112 valence electrons. The Morgan fingerprint density at radius 1 is 1.09 bits per heavy atom. The van der Waals surface area contributed by atoms with Crippen molar-refractivity contribution < 1.29 is 9.63 Å². The third-order valence-corrected chi connectivity index (χ3v) is 3.58. The number of H-pyrrole nitrogens is 1. The summed E-state index contributed by atoms with van der Waals surface area (Å²) in [6.45, 7) is 0. The number of aromatic amines is 1. The number of aromatic nitrogens is 3. The Morgan fingerprint density at radius 3 is 2.83 bits per heavy atom. The van der Waals surface area contributed by atoms with Gasteiger partial charge in [0.05, 0.1) is 5.56 Å². The second-order valence-electron chi connectivity index (χ2n) is 5.05. The summed E-state index contributed by atoms with van der Waals surface area (Å²) in [5, 5.41) is 15.9. The van der Waals surface area contributed by atoms with Gasteiger partial charge in [0.2, 0.25) is 11.4 Å². The van der Waals surface area contributed by atoms with Gasteiger partial charge in [-0.15, -0.1) is 0 Å². The standard InChI is InChI=1S/C17H11N3O3/c21-13-6-5-10-3-1-2-4-12(10)15(13)17-19-16(20-23-17)11-7-8-18-14(22)9-11/h1-9,21H,(H,18,22). The van der Waals surface area contributed by atoms with Crippen molar-refractivity contribution in [3.63, 3.8) is 0 Å². The van der Waals surface area contributed by atoms with Gasteiger partial charge in [0.1, 0.15) is 5.75 Å². The third kappa shape index (κ3) is 2.26. The molecule has 2 N–H and O–H groups in total. The maximum atomic E-state index is 11.4. The number of hydrogen-bond acceptors (Lipinski definition) is 5. The van der Waals surface area contributed by atoms with E-state index in [1.165, 1.54) is 12.3 Å². The van der Waals surface area contributed by atoms with Crippen LogP contribution in [0.1, 0.15) is 0 Å². The fourth-order valence-corrected chi connectivity index (χ4v) is 2.51. The third-order valence-electron chi connectivity index (χ3n) is 3.58. The topological polar surface area (TPSA) is 92.0 Å². The fraction of sp³-hybridized carbons (Fsp3) is 0. The molecule has 2 heterocycles. The molecule has 0 aliphatic carbocycles. The summed E-state index contributed by atoms with van der Waals surface area (Å²) >= 11 is 0. The van der Waals surface area contributed by atoms with Gasteiger partial charge >= 0.3 is 0 Å². The molecule has 4 aromatic rings. The highest BCUT2D eigenvalue weighted by molar-refractivity contribution is 5.97. The van der Waals surface area contributed by atoms with Gasteiger partial charge in [-0.1, -0.05) is 35.5 Å². The molecule has 0 saturated heterocycles. The van der Waals surface area contributed by atoms with Crippen molar-refractivity contribution in [1.82, 2.24) is 15.1 Å². The number of fused-ring (bicyclic) bond motifs is 1. The maximum Gasteiger partial charge on any atom is 0.262 e. The minimum absolute atomic E-state index is 0.0600.